The lowest BCUT2D eigenvalue weighted by atomic mass is 10.0. The minimum absolute atomic E-state index is 0. The topological polar surface area (TPSA) is 98.3 Å². The van der Waals surface area contributed by atoms with Crippen LogP contribution < -0.4 is 11.1 Å². The number of carbonyl (C=O) groups excluding carboxylic acids is 1. The van der Waals surface area contributed by atoms with Gasteiger partial charge in [0.2, 0.25) is 5.91 Å². The molecule has 0 bridgehead atoms. The first-order valence-corrected chi connectivity index (χ1v) is 6.65. The molecule has 1 rings (SSSR count). The lowest BCUT2D eigenvalue weighted by Gasteiger charge is -2.18. The first kappa shape index (κ1) is 19.3. The van der Waals surface area contributed by atoms with Crippen LogP contribution in [0.3, 0.4) is 0 Å². The third-order valence-corrected chi connectivity index (χ3v) is 2.89. The van der Waals surface area contributed by atoms with Crippen LogP contribution in [0, 0.1) is 16.0 Å². The molecule has 6 nitrogen and oxygen atoms in total. The van der Waals surface area contributed by atoms with E-state index in [4.69, 9.17) is 5.73 Å². The Balaban J connectivity index is 0.00000400. The van der Waals surface area contributed by atoms with Crippen molar-refractivity contribution in [3.8, 4) is 0 Å². The number of hydrogen-bond acceptors (Lipinski definition) is 4. The summed E-state index contributed by atoms with van der Waals surface area (Å²) in [5, 5.41) is 13.5. The van der Waals surface area contributed by atoms with Gasteiger partial charge in [-0.2, -0.15) is 0 Å². The standard InChI is InChI=1S/C14H21N3O3.ClH/c1-10(2)6-12(9-15)16-14(18)8-11-4-3-5-13(7-11)17(19)20;/h3-5,7,10,12H,6,8-9,15H2,1-2H3,(H,16,18);1H. The van der Waals surface area contributed by atoms with Gasteiger partial charge in [-0.1, -0.05) is 26.0 Å². The molecule has 0 aliphatic heterocycles. The van der Waals surface area contributed by atoms with E-state index in [-0.39, 0.29) is 36.5 Å². The second-order valence-electron chi connectivity index (χ2n) is 5.23. The highest BCUT2D eigenvalue weighted by molar-refractivity contribution is 5.85. The van der Waals surface area contributed by atoms with Crippen LogP contribution in [-0.4, -0.2) is 23.4 Å². The second kappa shape index (κ2) is 9.31. The van der Waals surface area contributed by atoms with Gasteiger partial charge in [0.05, 0.1) is 11.3 Å². The van der Waals surface area contributed by atoms with E-state index in [2.05, 4.69) is 19.2 Å². The maximum absolute atomic E-state index is 11.9. The summed E-state index contributed by atoms with van der Waals surface area (Å²) in [5.74, 6) is 0.281. The zero-order valence-electron chi connectivity index (χ0n) is 12.2. The summed E-state index contributed by atoms with van der Waals surface area (Å²) in [4.78, 5) is 22.1. The number of nitro benzene ring substituents is 1. The van der Waals surface area contributed by atoms with Crippen molar-refractivity contribution in [3.05, 3.63) is 39.9 Å². The van der Waals surface area contributed by atoms with Crippen molar-refractivity contribution in [3.63, 3.8) is 0 Å². The molecular weight excluding hydrogens is 294 g/mol. The number of nitrogens with zero attached hydrogens (tertiary/aromatic N) is 1. The van der Waals surface area contributed by atoms with E-state index in [0.29, 0.717) is 18.0 Å². The average Bonchev–Trinajstić information content (AvgIpc) is 2.37. The first-order chi connectivity index (χ1) is 9.42. The number of halogens is 1. The van der Waals surface area contributed by atoms with E-state index in [1.807, 2.05) is 0 Å². The summed E-state index contributed by atoms with van der Waals surface area (Å²) in [6.45, 7) is 4.52. The highest BCUT2D eigenvalue weighted by Gasteiger charge is 2.14. The smallest absolute Gasteiger partial charge is 0.269 e. The lowest BCUT2D eigenvalue weighted by Crippen LogP contribution is -2.41. The minimum Gasteiger partial charge on any atom is -0.352 e. The molecule has 0 fully saturated rings. The number of benzene rings is 1. The number of nitro groups is 1. The molecule has 0 aliphatic carbocycles. The lowest BCUT2D eigenvalue weighted by molar-refractivity contribution is -0.384. The largest absolute Gasteiger partial charge is 0.352 e. The monoisotopic (exact) mass is 315 g/mol. The Morgan fingerprint density at radius 1 is 1.43 bits per heavy atom. The number of amides is 1. The van der Waals surface area contributed by atoms with Gasteiger partial charge >= 0.3 is 0 Å². The Bertz CT molecular complexity index is 480. The average molecular weight is 316 g/mol. The molecule has 1 atom stereocenters. The van der Waals surface area contributed by atoms with Crippen LogP contribution in [0.25, 0.3) is 0 Å². The number of carbonyl (C=O) groups is 1. The number of non-ortho nitro benzene ring substituents is 1. The van der Waals surface area contributed by atoms with Crippen LogP contribution >= 0.6 is 12.4 Å². The molecule has 21 heavy (non-hydrogen) atoms. The molecule has 0 spiro atoms. The van der Waals surface area contributed by atoms with Crippen LogP contribution in [0.2, 0.25) is 0 Å². The van der Waals surface area contributed by atoms with Crippen molar-refractivity contribution in [1.29, 1.82) is 0 Å². The molecule has 0 aliphatic rings. The van der Waals surface area contributed by atoms with E-state index < -0.39 is 4.92 Å². The van der Waals surface area contributed by atoms with Crippen LogP contribution in [0.1, 0.15) is 25.8 Å². The summed E-state index contributed by atoms with van der Waals surface area (Å²) < 4.78 is 0. The fourth-order valence-electron chi connectivity index (χ4n) is 2.03. The Hall–Kier alpha value is -1.66. The molecule has 1 amide bonds. The van der Waals surface area contributed by atoms with Crippen molar-refractivity contribution >= 4 is 24.0 Å². The molecule has 3 N–H and O–H groups in total. The van der Waals surface area contributed by atoms with E-state index in [0.717, 1.165) is 6.42 Å². The van der Waals surface area contributed by atoms with E-state index >= 15 is 0 Å². The van der Waals surface area contributed by atoms with Crippen LogP contribution in [-0.2, 0) is 11.2 Å². The van der Waals surface area contributed by atoms with Gasteiger partial charge in [0.25, 0.3) is 5.69 Å². The number of nitrogens with one attached hydrogen (secondary N) is 1. The summed E-state index contributed by atoms with van der Waals surface area (Å²) in [7, 11) is 0. The summed E-state index contributed by atoms with van der Waals surface area (Å²) in [5.41, 5.74) is 6.24. The predicted molar refractivity (Wildman–Crippen MR) is 84.5 cm³/mol. The van der Waals surface area contributed by atoms with Gasteiger partial charge in [0, 0.05) is 24.7 Å². The van der Waals surface area contributed by atoms with Crippen molar-refractivity contribution < 1.29 is 9.72 Å². The SMILES string of the molecule is CC(C)CC(CN)NC(=O)Cc1cccc([N+](=O)[O-])c1.Cl. The molecule has 0 saturated carbocycles. The molecular formula is C14H22ClN3O3. The molecule has 7 heteroatoms. The molecule has 1 unspecified atom stereocenters. The third kappa shape index (κ3) is 7.06. The van der Waals surface area contributed by atoms with Crippen molar-refractivity contribution in [2.24, 2.45) is 11.7 Å². The first-order valence-electron chi connectivity index (χ1n) is 6.65. The zero-order chi connectivity index (χ0) is 15.1. The highest BCUT2D eigenvalue weighted by atomic mass is 35.5. The van der Waals surface area contributed by atoms with Gasteiger partial charge in [0.1, 0.15) is 0 Å². The summed E-state index contributed by atoms with van der Waals surface area (Å²) >= 11 is 0. The van der Waals surface area contributed by atoms with Crippen LogP contribution in [0.4, 0.5) is 5.69 Å². The number of rotatable bonds is 7. The van der Waals surface area contributed by atoms with Crippen molar-refractivity contribution in [1.82, 2.24) is 5.32 Å². The van der Waals surface area contributed by atoms with Crippen molar-refractivity contribution in [2.75, 3.05) is 6.54 Å². The highest BCUT2D eigenvalue weighted by Crippen LogP contribution is 2.13. The molecule has 0 aromatic heterocycles. The van der Waals surface area contributed by atoms with E-state index in [1.54, 1.807) is 12.1 Å². The van der Waals surface area contributed by atoms with Crippen LogP contribution in [0.15, 0.2) is 24.3 Å². The Kier molecular flexibility index (Phi) is 8.57. The van der Waals surface area contributed by atoms with E-state index in [1.165, 1.54) is 12.1 Å². The maximum Gasteiger partial charge on any atom is 0.269 e. The van der Waals surface area contributed by atoms with Crippen LogP contribution in [0.5, 0.6) is 0 Å². The predicted octanol–water partition coefficient (Wildman–Crippen LogP) is 2.05. The quantitative estimate of drug-likeness (QED) is 0.594. The number of nitrogens with two attached hydrogens (primary N) is 1. The Morgan fingerprint density at radius 3 is 2.62 bits per heavy atom. The maximum atomic E-state index is 11.9. The van der Waals surface area contributed by atoms with Gasteiger partial charge < -0.3 is 11.1 Å². The summed E-state index contributed by atoms with van der Waals surface area (Å²) in [6, 6.07) is 6.05. The molecule has 0 saturated heterocycles. The van der Waals surface area contributed by atoms with Gasteiger partial charge in [-0.05, 0) is 17.9 Å². The minimum atomic E-state index is -0.469. The number of hydrogen-bond donors (Lipinski definition) is 2. The third-order valence-electron chi connectivity index (χ3n) is 2.89. The Labute approximate surface area is 130 Å². The zero-order valence-corrected chi connectivity index (χ0v) is 13.1. The Morgan fingerprint density at radius 2 is 2.10 bits per heavy atom. The fraction of sp³-hybridized carbons (Fsp3) is 0.500. The molecule has 118 valence electrons. The molecule has 1 aromatic rings. The van der Waals surface area contributed by atoms with Gasteiger partial charge in [-0.15, -0.1) is 12.4 Å². The van der Waals surface area contributed by atoms with E-state index in [9.17, 15) is 14.9 Å². The van der Waals surface area contributed by atoms with Crippen molar-refractivity contribution in [2.45, 2.75) is 32.7 Å². The normalized spacial score (nSPS) is 11.6. The van der Waals surface area contributed by atoms with Gasteiger partial charge in [-0.25, -0.2) is 0 Å². The second-order valence-corrected chi connectivity index (χ2v) is 5.23. The summed E-state index contributed by atoms with van der Waals surface area (Å²) in [6.07, 6.45) is 0.938. The molecule has 0 radical (unpaired) electrons. The van der Waals surface area contributed by atoms with Gasteiger partial charge in [-0.3, -0.25) is 14.9 Å². The molecule has 0 heterocycles. The van der Waals surface area contributed by atoms with Gasteiger partial charge in [0.15, 0.2) is 0 Å². The fourth-order valence-corrected chi connectivity index (χ4v) is 2.03. The molecule has 1 aromatic carbocycles.